The first kappa shape index (κ1) is 30.3. The average molecular weight is 598 g/mol. The minimum Gasteiger partial charge on any atom is -0.465 e. The van der Waals surface area contributed by atoms with E-state index in [9.17, 15) is 19.5 Å². The molecule has 4 N–H and O–H groups in total. The van der Waals surface area contributed by atoms with E-state index >= 15 is 0 Å². The van der Waals surface area contributed by atoms with Crippen molar-refractivity contribution in [2.24, 2.45) is 0 Å². The van der Waals surface area contributed by atoms with Crippen LogP contribution in [-0.4, -0.2) is 70.5 Å². The molecule has 11 heteroatoms. The fraction of sp³-hybridized carbons (Fsp3) is 0.273. The highest BCUT2D eigenvalue weighted by atomic mass is 16.5. The molecule has 1 aromatic heterocycles. The Hall–Kier alpha value is -5.16. The van der Waals surface area contributed by atoms with Crippen LogP contribution in [0.2, 0.25) is 0 Å². The maximum Gasteiger partial charge on any atom is 0.408 e. The van der Waals surface area contributed by atoms with Gasteiger partial charge in [-0.1, -0.05) is 72.8 Å². The summed E-state index contributed by atoms with van der Waals surface area (Å²) in [6.07, 6.45) is 2.51. The summed E-state index contributed by atoms with van der Waals surface area (Å²) < 4.78 is 10.8. The molecule has 0 bridgehead atoms. The van der Waals surface area contributed by atoms with Crippen LogP contribution in [0.15, 0.2) is 91.3 Å². The predicted molar refractivity (Wildman–Crippen MR) is 164 cm³/mol. The number of ether oxygens (including phenoxy) is 2. The second-order valence-corrected chi connectivity index (χ2v) is 10.5. The first-order chi connectivity index (χ1) is 21.4. The Labute approximate surface area is 255 Å². The van der Waals surface area contributed by atoms with Crippen molar-refractivity contribution in [3.63, 3.8) is 0 Å². The van der Waals surface area contributed by atoms with Gasteiger partial charge < -0.3 is 30.2 Å². The Balaban J connectivity index is 1.23. The van der Waals surface area contributed by atoms with Crippen molar-refractivity contribution in [3.05, 3.63) is 108 Å². The fourth-order valence-electron chi connectivity index (χ4n) is 5.30. The molecule has 3 amide bonds. The highest BCUT2D eigenvalue weighted by Gasteiger charge is 2.34. The average Bonchev–Trinajstić information content (AvgIpc) is 3.59. The second kappa shape index (κ2) is 14.3. The minimum atomic E-state index is -1.04. The van der Waals surface area contributed by atoms with Crippen molar-refractivity contribution in [1.82, 2.24) is 20.2 Å². The summed E-state index contributed by atoms with van der Waals surface area (Å²) in [6.45, 7) is 0.388. The van der Waals surface area contributed by atoms with Crippen LogP contribution in [-0.2, 0) is 27.1 Å². The van der Waals surface area contributed by atoms with E-state index in [4.69, 9.17) is 9.47 Å². The van der Waals surface area contributed by atoms with Crippen LogP contribution in [0.1, 0.15) is 29.4 Å². The number of amides is 3. The molecule has 3 atom stereocenters. The normalized spacial score (nSPS) is 17.0. The molecule has 1 aliphatic heterocycles. The number of hydrogen-bond acceptors (Lipinski definition) is 6. The zero-order chi connectivity index (χ0) is 30.9. The van der Waals surface area contributed by atoms with Crippen LogP contribution >= 0.6 is 0 Å². The number of alkyl carbamates (subject to hydrolysis) is 1. The molecule has 0 unspecified atom stereocenters. The van der Waals surface area contributed by atoms with Crippen molar-refractivity contribution >= 4 is 23.8 Å². The van der Waals surface area contributed by atoms with Gasteiger partial charge in [0.2, 0.25) is 5.91 Å². The molecule has 0 radical (unpaired) electrons. The summed E-state index contributed by atoms with van der Waals surface area (Å²) in [5.41, 5.74) is 4.48. The number of aryl methyl sites for hydroxylation is 1. The van der Waals surface area contributed by atoms with Gasteiger partial charge in [-0.15, -0.1) is 0 Å². The van der Waals surface area contributed by atoms with Gasteiger partial charge in [-0.3, -0.25) is 9.69 Å². The van der Waals surface area contributed by atoms with E-state index in [1.165, 1.54) is 12.0 Å². The zero-order valence-electron chi connectivity index (χ0n) is 24.3. The molecule has 0 aliphatic carbocycles. The standard InChI is InChI=1S/C33H35N5O6/c1-43-32(40)37-28(19-22-11-13-24(14-12-22)23-7-3-2-4-8-23)31(39)36-27-10-6-5-9-25(27)15-16-26-20-38(33(41)42)29(21-44-26)30-34-17-18-35-30/h2-14,17-18,26,28-29H,15-16,19-21H2,1H3,(H,34,35)(H,36,39)(H,37,40)(H,41,42)/t26-,28+,29+/m1/s1. The van der Waals surface area contributed by atoms with Gasteiger partial charge in [0.1, 0.15) is 17.9 Å². The van der Waals surface area contributed by atoms with Crippen LogP contribution in [0.5, 0.6) is 0 Å². The Morgan fingerprint density at radius 3 is 2.48 bits per heavy atom. The number of methoxy groups -OCH3 is 1. The van der Waals surface area contributed by atoms with Gasteiger partial charge in [-0.25, -0.2) is 14.6 Å². The number of morpholine rings is 1. The monoisotopic (exact) mass is 597 g/mol. The Morgan fingerprint density at radius 1 is 1.05 bits per heavy atom. The second-order valence-electron chi connectivity index (χ2n) is 10.5. The van der Waals surface area contributed by atoms with Gasteiger partial charge in [0.05, 0.1) is 26.4 Å². The largest absolute Gasteiger partial charge is 0.465 e. The van der Waals surface area contributed by atoms with E-state index in [1.54, 1.807) is 18.5 Å². The Kier molecular flexibility index (Phi) is 9.88. The van der Waals surface area contributed by atoms with E-state index in [2.05, 4.69) is 20.6 Å². The highest BCUT2D eigenvalue weighted by molar-refractivity contribution is 5.97. The number of nitrogens with one attached hydrogen (secondary N) is 3. The number of carboxylic acid groups (broad SMARTS) is 1. The van der Waals surface area contributed by atoms with Gasteiger partial charge in [-0.05, 0) is 41.2 Å². The molecule has 3 aromatic carbocycles. The van der Waals surface area contributed by atoms with Gasteiger partial charge in [0, 0.05) is 24.5 Å². The molecular formula is C33H35N5O6. The quantitative estimate of drug-likeness (QED) is 0.200. The van der Waals surface area contributed by atoms with Gasteiger partial charge in [-0.2, -0.15) is 0 Å². The van der Waals surface area contributed by atoms with Crippen LogP contribution in [0.3, 0.4) is 0 Å². The van der Waals surface area contributed by atoms with E-state index < -0.39 is 24.3 Å². The molecule has 4 aromatic rings. The van der Waals surface area contributed by atoms with Crippen LogP contribution in [0, 0.1) is 0 Å². The van der Waals surface area contributed by atoms with Crippen LogP contribution < -0.4 is 10.6 Å². The zero-order valence-corrected chi connectivity index (χ0v) is 24.3. The van der Waals surface area contributed by atoms with E-state index in [0.29, 0.717) is 24.4 Å². The number of benzene rings is 3. The third kappa shape index (κ3) is 7.61. The number of rotatable bonds is 10. The van der Waals surface area contributed by atoms with Crippen molar-refractivity contribution < 1.29 is 29.0 Å². The lowest BCUT2D eigenvalue weighted by Crippen LogP contribution is -2.47. The summed E-state index contributed by atoms with van der Waals surface area (Å²) in [4.78, 5) is 46.1. The van der Waals surface area contributed by atoms with E-state index in [1.807, 2.05) is 72.8 Å². The molecule has 2 heterocycles. The number of carbonyl (C=O) groups excluding carboxylic acids is 2. The maximum atomic E-state index is 13.5. The molecule has 0 spiro atoms. The fourth-order valence-corrected chi connectivity index (χ4v) is 5.30. The van der Waals surface area contributed by atoms with Crippen molar-refractivity contribution in [3.8, 4) is 11.1 Å². The highest BCUT2D eigenvalue weighted by Crippen LogP contribution is 2.27. The number of aromatic amines is 1. The summed E-state index contributed by atoms with van der Waals surface area (Å²) in [5, 5.41) is 15.4. The third-order valence-corrected chi connectivity index (χ3v) is 7.65. The topological polar surface area (TPSA) is 146 Å². The molecule has 44 heavy (non-hydrogen) atoms. The predicted octanol–water partition coefficient (Wildman–Crippen LogP) is 5.04. The Bertz CT molecular complexity index is 1540. The van der Waals surface area contributed by atoms with Gasteiger partial charge in [0.25, 0.3) is 0 Å². The van der Waals surface area contributed by atoms with E-state index in [-0.39, 0.29) is 31.6 Å². The lowest BCUT2D eigenvalue weighted by Gasteiger charge is -2.37. The molecule has 0 saturated carbocycles. The summed E-state index contributed by atoms with van der Waals surface area (Å²) >= 11 is 0. The van der Waals surface area contributed by atoms with E-state index in [0.717, 1.165) is 22.3 Å². The molecular weight excluding hydrogens is 562 g/mol. The van der Waals surface area contributed by atoms with Crippen molar-refractivity contribution in [2.45, 2.75) is 37.5 Å². The SMILES string of the molecule is COC(=O)N[C@@H](Cc1ccc(-c2ccccc2)cc1)C(=O)Nc1ccccc1CC[C@@H]1CN(C(=O)O)[C@H](c2ncc[nH]2)CO1. The summed E-state index contributed by atoms with van der Waals surface area (Å²) in [7, 11) is 1.25. The number of para-hydroxylation sites is 1. The Morgan fingerprint density at radius 2 is 1.77 bits per heavy atom. The summed E-state index contributed by atoms with van der Waals surface area (Å²) in [5.74, 6) is 0.156. The van der Waals surface area contributed by atoms with Crippen molar-refractivity contribution in [2.75, 3.05) is 25.6 Å². The lowest BCUT2D eigenvalue weighted by atomic mass is 10.00. The first-order valence-corrected chi connectivity index (χ1v) is 14.4. The summed E-state index contributed by atoms with van der Waals surface area (Å²) in [6, 6.07) is 23.9. The van der Waals surface area contributed by atoms with Crippen LogP contribution in [0.4, 0.5) is 15.3 Å². The molecule has 11 nitrogen and oxygen atoms in total. The molecule has 1 fully saturated rings. The van der Waals surface area contributed by atoms with Crippen LogP contribution in [0.25, 0.3) is 11.1 Å². The van der Waals surface area contributed by atoms with Crippen molar-refractivity contribution in [1.29, 1.82) is 0 Å². The molecule has 1 saturated heterocycles. The minimum absolute atomic E-state index is 0.191. The first-order valence-electron chi connectivity index (χ1n) is 14.4. The molecule has 1 aliphatic rings. The number of carbonyl (C=O) groups is 3. The van der Waals surface area contributed by atoms with Gasteiger partial charge in [0.15, 0.2) is 0 Å². The third-order valence-electron chi connectivity index (χ3n) is 7.65. The number of hydrogen-bond donors (Lipinski definition) is 4. The number of aromatic nitrogens is 2. The number of nitrogens with zero attached hydrogens (tertiary/aromatic N) is 2. The van der Waals surface area contributed by atoms with Gasteiger partial charge >= 0.3 is 12.2 Å². The molecule has 5 rings (SSSR count). The number of imidazole rings is 1. The maximum absolute atomic E-state index is 13.5. The smallest absolute Gasteiger partial charge is 0.408 e. The number of anilines is 1. The lowest BCUT2D eigenvalue weighted by molar-refractivity contribution is -0.118. The molecule has 228 valence electrons. The number of H-pyrrole nitrogens is 1.